The van der Waals surface area contributed by atoms with Gasteiger partial charge in [0.1, 0.15) is 0 Å². The van der Waals surface area contributed by atoms with Gasteiger partial charge in [-0.3, -0.25) is 4.68 Å². The first kappa shape index (κ1) is 17.0. The van der Waals surface area contributed by atoms with E-state index in [1.807, 2.05) is 32.0 Å². The van der Waals surface area contributed by atoms with Crippen molar-refractivity contribution in [2.24, 2.45) is 16.8 Å². The number of hydrogen-bond donors (Lipinski definition) is 1. The van der Waals surface area contributed by atoms with Crippen molar-refractivity contribution in [1.29, 1.82) is 0 Å². The van der Waals surface area contributed by atoms with Crippen LogP contribution in [0.25, 0.3) is 0 Å². The maximum absolute atomic E-state index is 12.0. The molecule has 1 aromatic carbocycles. The molecule has 0 aliphatic carbocycles. The van der Waals surface area contributed by atoms with Crippen molar-refractivity contribution in [3.05, 3.63) is 52.3 Å². The summed E-state index contributed by atoms with van der Waals surface area (Å²) in [6.07, 6.45) is 0. The lowest BCUT2D eigenvalue weighted by molar-refractivity contribution is -0.148. The van der Waals surface area contributed by atoms with Crippen LogP contribution < -0.4 is 5.73 Å². The van der Waals surface area contributed by atoms with Gasteiger partial charge in [-0.2, -0.15) is 5.10 Å². The summed E-state index contributed by atoms with van der Waals surface area (Å²) in [6.45, 7) is 5.77. The van der Waals surface area contributed by atoms with Gasteiger partial charge in [0.15, 0.2) is 5.84 Å². The number of aromatic nitrogens is 2. The molecule has 7 heteroatoms. The van der Waals surface area contributed by atoms with E-state index in [9.17, 15) is 4.79 Å². The Balaban J connectivity index is 1.99. The molecule has 0 fully saturated rings. The molecule has 2 N–H and O–H groups in total. The third-order valence-electron chi connectivity index (χ3n) is 3.45. The molecule has 0 aliphatic heterocycles. The van der Waals surface area contributed by atoms with Crippen LogP contribution in [0, 0.1) is 19.8 Å². The van der Waals surface area contributed by atoms with Crippen LogP contribution in [0.2, 0.25) is 5.02 Å². The van der Waals surface area contributed by atoms with Crippen molar-refractivity contribution in [2.45, 2.75) is 27.3 Å². The Bertz CT molecular complexity index is 725. The first-order valence-corrected chi connectivity index (χ1v) is 7.57. The zero-order valence-electron chi connectivity index (χ0n) is 13.3. The van der Waals surface area contributed by atoms with Gasteiger partial charge >= 0.3 is 5.97 Å². The lowest BCUT2D eigenvalue weighted by Crippen LogP contribution is -2.22. The molecule has 122 valence electrons. The van der Waals surface area contributed by atoms with Gasteiger partial charge in [0.05, 0.1) is 28.9 Å². The maximum Gasteiger partial charge on any atom is 0.339 e. The number of carbonyl (C=O) groups is 1. The smallest absolute Gasteiger partial charge is 0.339 e. The maximum atomic E-state index is 12.0. The Morgan fingerprint density at radius 3 is 2.61 bits per heavy atom. The van der Waals surface area contributed by atoms with Gasteiger partial charge in [0, 0.05) is 5.56 Å². The molecule has 1 atom stereocenters. The van der Waals surface area contributed by atoms with Crippen molar-refractivity contribution in [3.8, 4) is 0 Å². The Kier molecular flexibility index (Phi) is 5.39. The summed E-state index contributed by atoms with van der Waals surface area (Å²) in [7, 11) is 0. The first-order chi connectivity index (χ1) is 10.9. The summed E-state index contributed by atoms with van der Waals surface area (Å²) in [6, 6.07) is 9.09. The number of nitrogens with zero attached hydrogens (tertiary/aromatic N) is 3. The molecule has 0 saturated heterocycles. The normalized spacial score (nSPS) is 13.0. The second-order valence-corrected chi connectivity index (χ2v) is 5.70. The van der Waals surface area contributed by atoms with Gasteiger partial charge in [-0.1, -0.05) is 54.0 Å². The Hall–Kier alpha value is -2.34. The van der Waals surface area contributed by atoms with E-state index in [1.165, 1.54) is 0 Å². The molecular weight excluding hydrogens is 316 g/mol. The number of halogens is 1. The van der Waals surface area contributed by atoms with Crippen LogP contribution in [0.4, 0.5) is 0 Å². The lowest BCUT2D eigenvalue weighted by atomic mass is 10.2. The average Bonchev–Trinajstić information content (AvgIpc) is 2.80. The highest BCUT2D eigenvalue weighted by molar-refractivity contribution is 6.31. The van der Waals surface area contributed by atoms with Crippen molar-refractivity contribution >= 4 is 23.4 Å². The fourth-order valence-corrected chi connectivity index (χ4v) is 2.17. The summed E-state index contributed by atoms with van der Waals surface area (Å²) in [5.41, 5.74) is 8.02. The zero-order valence-corrected chi connectivity index (χ0v) is 14.0. The molecule has 0 amide bonds. The molecule has 0 saturated carbocycles. The number of aryl methyl sites for hydroxylation is 1. The average molecular weight is 335 g/mol. The number of rotatable bonds is 5. The van der Waals surface area contributed by atoms with Crippen molar-refractivity contribution < 1.29 is 9.63 Å². The fraction of sp³-hybridized carbons (Fsp3) is 0.312. The van der Waals surface area contributed by atoms with Gasteiger partial charge in [0.2, 0.25) is 0 Å². The highest BCUT2D eigenvalue weighted by Crippen LogP contribution is 2.20. The van der Waals surface area contributed by atoms with E-state index < -0.39 is 11.9 Å². The predicted molar refractivity (Wildman–Crippen MR) is 89.1 cm³/mol. The summed E-state index contributed by atoms with van der Waals surface area (Å²) < 4.78 is 1.69. The largest absolute Gasteiger partial charge is 0.380 e. The molecule has 0 spiro atoms. The summed E-state index contributed by atoms with van der Waals surface area (Å²) in [4.78, 5) is 16.9. The van der Waals surface area contributed by atoms with Crippen molar-refractivity contribution in [3.63, 3.8) is 0 Å². The van der Waals surface area contributed by atoms with Crippen LogP contribution in [0.5, 0.6) is 0 Å². The van der Waals surface area contributed by atoms with Gasteiger partial charge in [-0.05, 0) is 13.8 Å². The van der Waals surface area contributed by atoms with E-state index in [-0.39, 0.29) is 5.84 Å². The monoisotopic (exact) mass is 334 g/mol. The number of hydrogen-bond acceptors (Lipinski definition) is 4. The number of amidine groups is 1. The molecule has 6 nitrogen and oxygen atoms in total. The van der Waals surface area contributed by atoms with Gasteiger partial charge < -0.3 is 10.6 Å². The van der Waals surface area contributed by atoms with Crippen LogP contribution in [0.15, 0.2) is 35.5 Å². The first-order valence-electron chi connectivity index (χ1n) is 7.19. The summed E-state index contributed by atoms with van der Waals surface area (Å²) in [5.74, 6) is -0.760. The van der Waals surface area contributed by atoms with Crippen LogP contribution in [-0.2, 0) is 16.2 Å². The van der Waals surface area contributed by atoms with E-state index in [4.69, 9.17) is 22.2 Å². The van der Waals surface area contributed by atoms with E-state index in [1.54, 1.807) is 23.7 Å². The highest BCUT2D eigenvalue weighted by Gasteiger charge is 2.19. The second kappa shape index (κ2) is 7.28. The van der Waals surface area contributed by atoms with Gasteiger partial charge in [-0.25, -0.2) is 4.79 Å². The fourth-order valence-electron chi connectivity index (χ4n) is 2.03. The standard InChI is InChI=1S/C16H19ClN4O2/c1-10(9-21-12(3)14(17)11(2)19-21)16(22)23-20-15(18)13-7-5-4-6-8-13/h4-8,10H,9H2,1-3H3,(H2,18,20). The zero-order chi connectivity index (χ0) is 17.0. The van der Waals surface area contributed by atoms with E-state index >= 15 is 0 Å². The van der Waals surface area contributed by atoms with Gasteiger partial charge in [-0.15, -0.1) is 0 Å². The highest BCUT2D eigenvalue weighted by atomic mass is 35.5. The quantitative estimate of drug-likeness (QED) is 0.394. The minimum Gasteiger partial charge on any atom is -0.380 e. The second-order valence-electron chi connectivity index (χ2n) is 5.32. The van der Waals surface area contributed by atoms with E-state index in [2.05, 4.69) is 10.3 Å². The summed E-state index contributed by atoms with van der Waals surface area (Å²) >= 11 is 6.09. The van der Waals surface area contributed by atoms with Crippen LogP contribution in [0.1, 0.15) is 23.9 Å². The Morgan fingerprint density at radius 2 is 2.04 bits per heavy atom. The number of oxime groups is 1. The molecule has 1 unspecified atom stereocenters. The molecule has 2 aromatic rings. The SMILES string of the molecule is Cc1nn(CC(C)C(=O)O/N=C(\N)c2ccccc2)c(C)c1Cl. The third kappa shape index (κ3) is 4.10. The third-order valence-corrected chi connectivity index (χ3v) is 3.99. The topological polar surface area (TPSA) is 82.5 Å². The molecule has 0 bridgehead atoms. The van der Waals surface area contributed by atoms with Crippen molar-refractivity contribution in [2.75, 3.05) is 0 Å². The van der Waals surface area contributed by atoms with Crippen LogP contribution in [0.3, 0.4) is 0 Å². The van der Waals surface area contributed by atoms with Crippen molar-refractivity contribution in [1.82, 2.24) is 9.78 Å². The summed E-state index contributed by atoms with van der Waals surface area (Å²) in [5, 5.41) is 8.59. The lowest BCUT2D eigenvalue weighted by Gasteiger charge is -2.10. The minimum atomic E-state index is -0.479. The molecule has 2 rings (SSSR count). The van der Waals surface area contributed by atoms with Crippen LogP contribution in [-0.4, -0.2) is 21.6 Å². The molecule has 23 heavy (non-hydrogen) atoms. The number of benzene rings is 1. The Morgan fingerprint density at radius 1 is 1.39 bits per heavy atom. The number of nitrogens with two attached hydrogens (primary N) is 1. The molecule has 1 heterocycles. The Labute approximate surface area is 139 Å². The molecular formula is C16H19ClN4O2. The number of carbonyl (C=O) groups excluding carboxylic acids is 1. The van der Waals surface area contributed by atoms with E-state index in [0.717, 1.165) is 11.4 Å². The molecule has 1 aromatic heterocycles. The van der Waals surface area contributed by atoms with Gasteiger partial charge in [0.25, 0.3) is 0 Å². The van der Waals surface area contributed by atoms with E-state index in [0.29, 0.717) is 17.1 Å². The van der Waals surface area contributed by atoms with Crippen LogP contribution >= 0.6 is 11.6 Å². The molecule has 0 aliphatic rings. The minimum absolute atomic E-state index is 0.153. The molecule has 0 radical (unpaired) electrons. The predicted octanol–water partition coefficient (Wildman–Crippen LogP) is 2.65.